The number of nitrogens with two attached hydrogens (primary N) is 1. The molecule has 0 spiro atoms. The van der Waals surface area contributed by atoms with Gasteiger partial charge in [-0.25, -0.2) is 0 Å². The van der Waals surface area contributed by atoms with E-state index in [4.69, 9.17) is 10.5 Å². The molecule has 2 heterocycles. The SMILES string of the molecule is Cl.NC[C@H]1CC[C@@H](C(=O)Nc2cccc3[nH]ccc23)O1. The first-order valence-corrected chi connectivity index (χ1v) is 6.50. The third-order valence-electron chi connectivity index (χ3n) is 3.52. The first-order valence-electron chi connectivity index (χ1n) is 6.50. The number of hydrogen-bond donors (Lipinski definition) is 3. The zero-order valence-electron chi connectivity index (χ0n) is 11.0. The summed E-state index contributed by atoms with van der Waals surface area (Å²) in [6.07, 6.45) is 3.07. The Morgan fingerprint density at radius 3 is 3.00 bits per heavy atom. The molecule has 1 aliphatic rings. The van der Waals surface area contributed by atoms with Crippen LogP contribution in [0.3, 0.4) is 0 Å². The summed E-state index contributed by atoms with van der Waals surface area (Å²) in [6, 6.07) is 7.72. The highest BCUT2D eigenvalue weighted by atomic mass is 35.5. The van der Waals surface area contributed by atoms with Crippen molar-refractivity contribution in [2.75, 3.05) is 11.9 Å². The molecule has 1 aromatic heterocycles. The summed E-state index contributed by atoms with van der Waals surface area (Å²) >= 11 is 0. The molecule has 2 atom stereocenters. The van der Waals surface area contributed by atoms with Crippen molar-refractivity contribution in [3.05, 3.63) is 30.5 Å². The molecule has 108 valence electrons. The number of hydrogen-bond acceptors (Lipinski definition) is 3. The number of halogens is 1. The lowest BCUT2D eigenvalue weighted by Gasteiger charge is -2.13. The molecule has 5 nitrogen and oxygen atoms in total. The van der Waals surface area contributed by atoms with Crippen LogP contribution < -0.4 is 11.1 Å². The highest BCUT2D eigenvalue weighted by Gasteiger charge is 2.29. The fourth-order valence-electron chi connectivity index (χ4n) is 2.48. The number of rotatable bonds is 3. The van der Waals surface area contributed by atoms with Crippen molar-refractivity contribution in [1.82, 2.24) is 4.98 Å². The van der Waals surface area contributed by atoms with Crippen LogP contribution in [0.4, 0.5) is 5.69 Å². The number of nitrogens with one attached hydrogen (secondary N) is 2. The van der Waals surface area contributed by atoms with E-state index in [9.17, 15) is 4.79 Å². The lowest BCUT2D eigenvalue weighted by molar-refractivity contribution is -0.126. The van der Waals surface area contributed by atoms with Gasteiger partial charge in [0.05, 0.1) is 11.8 Å². The predicted octanol–water partition coefficient (Wildman–Crippen LogP) is 2.03. The molecule has 1 fully saturated rings. The fourth-order valence-corrected chi connectivity index (χ4v) is 2.48. The van der Waals surface area contributed by atoms with Crippen LogP contribution in [0.2, 0.25) is 0 Å². The smallest absolute Gasteiger partial charge is 0.253 e. The summed E-state index contributed by atoms with van der Waals surface area (Å²) in [5.41, 5.74) is 7.36. The summed E-state index contributed by atoms with van der Waals surface area (Å²) < 4.78 is 5.59. The summed E-state index contributed by atoms with van der Waals surface area (Å²) in [6.45, 7) is 0.469. The van der Waals surface area contributed by atoms with Gasteiger partial charge in [0.15, 0.2) is 0 Å². The van der Waals surface area contributed by atoms with Gasteiger partial charge >= 0.3 is 0 Å². The fraction of sp³-hybridized carbons (Fsp3) is 0.357. The zero-order chi connectivity index (χ0) is 13.2. The second kappa shape index (κ2) is 6.26. The lowest BCUT2D eigenvalue weighted by Crippen LogP contribution is -2.29. The third-order valence-corrected chi connectivity index (χ3v) is 3.52. The minimum absolute atomic E-state index is 0. The second-order valence-electron chi connectivity index (χ2n) is 4.79. The van der Waals surface area contributed by atoms with Crippen LogP contribution in [0.1, 0.15) is 12.8 Å². The lowest BCUT2D eigenvalue weighted by atomic mass is 10.1. The number of anilines is 1. The van der Waals surface area contributed by atoms with Gasteiger partial charge in [-0.05, 0) is 31.0 Å². The van der Waals surface area contributed by atoms with Crippen molar-refractivity contribution >= 4 is 34.9 Å². The number of amides is 1. The Morgan fingerprint density at radius 2 is 2.25 bits per heavy atom. The van der Waals surface area contributed by atoms with Crippen molar-refractivity contribution in [1.29, 1.82) is 0 Å². The van der Waals surface area contributed by atoms with Crippen LogP contribution in [-0.2, 0) is 9.53 Å². The molecule has 1 amide bonds. The van der Waals surface area contributed by atoms with Gasteiger partial charge in [-0.2, -0.15) is 0 Å². The molecule has 4 N–H and O–H groups in total. The maximum Gasteiger partial charge on any atom is 0.253 e. The Labute approximate surface area is 123 Å². The Bertz CT molecular complexity index is 599. The van der Waals surface area contributed by atoms with Crippen LogP contribution in [0.25, 0.3) is 10.9 Å². The normalized spacial score (nSPS) is 21.6. The second-order valence-corrected chi connectivity index (χ2v) is 4.79. The highest BCUT2D eigenvalue weighted by Crippen LogP contribution is 2.24. The van der Waals surface area contributed by atoms with E-state index in [-0.39, 0.29) is 30.5 Å². The summed E-state index contributed by atoms with van der Waals surface area (Å²) in [7, 11) is 0. The average molecular weight is 296 g/mol. The number of H-pyrrole nitrogens is 1. The van der Waals surface area contributed by atoms with Crippen molar-refractivity contribution in [3.8, 4) is 0 Å². The maximum absolute atomic E-state index is 12.2. The maximum atomic E-state index is 12.2. The predicted molar refractivity (Wildman–Crippen MR) is 81.1 cm³/mol. The number of aromatic amines is 1. The molecule has 6 heteroatoms. The first-order chi connectivity index (χ1) is 9.28. The minimum atomic E-state index is -0.386. The first kappa shape index (κ1) is 14.8. The molecule has 1 aliphatic heterocycles. The van der Waals surface area contributed by atoms with Crippen molar-refractivity contribution in [2.24, 2.45) is 5.73 Å². The van der Waals surface area contributed by atoms with Gasteiger partial charge in [0, 0.05) is 23.6 Å². The monoisotopic (exact) mass is 295 g/mol. The van der Waals surface area contributed by atoms with Gasteiger partial charge in [-0.1, -0.05) is 6.07 Å². The van der Waals surface area contributed by atoms with Crippen LogP contribution >= 0.6 is 12.4 Å². The number of ether oxygens (including phenoxy) is 1. The van der Waals surface area contributed by atoms with E-state index in [1.165, 1.54) is 0 Å². The van der Waals surface area contributed by atoms with Gasteiger partial charge < -0.3 is 20.8 Å². The summed E-state index contributed by atoms with van der Waals surface area (Å²) in [5.74, 6) is -0.0929. The van der Waals surface area contributed by atoms with Gasteiger partial charge in [0.1, 0.15) is 6.10 Å². The van der Waals surface area contributed by atoms with E-state index in [0.717, 1.165) is 29.4 Å². The average Bonchev–Trinajstić information content (AvgIpc) is 3.08. The third kappa shape index (κ3) is 2.80. The Kier molecular flexibility index (Phi) is 4.65. The molecule has 0 saturated carbocycles. The quantitative estimate of drug-likeness (QED) is 0.810. The van der Waals surface area contributed by atoms with Crippen LogP contribution in [0, 0.1) is 0 Å². The standard InChI is InChI=1S/C14H17N3O2.ClH/c15-8-9-4-5-13(19-9)14(18)17-12-3-1-2-11-10(12)6-7-16-11;/h1-3,6-7,9,13,16H,4-5,8,15H2,(H,17,18);1H/t9-,13+;/m1./s1. The molecular formula is C14H18ClN3O2. The summed E-state index contributed by atoms with van der Waals surface area (Å²) in [4.78, 5) is 15.3. The van der Waals surface area contributed by atoms with Crippen LogP contribution in [0.5, 0.6) is 0 Å². The van der Waals surface area contributed by atoms with E-state index in [1.54, 1.807) is 0 Å². The van der Waals surface area contributed by atoms with Crippen molar-refractivity contribution in [3.63, 3.8) is 0 Å². The highest BCUT2D eigenvalue weighted by molar-refractivity contribution is 6.02. The summed E-state index contributed by atoms with van der Waals surface area (Å²) in [5, 5.41) is 3.94. The molecule has 0 aliphatic carbocycles. The molecule has 3 rings (SSSR count). The largest absolute Gasteiger partial charge is 0.364 e. The molecule has 1 aromatic carbocycles. The number of fused-ring (bicyclic) bond motifs is 1. The van der Waals surface area contributed by atoms with Crippen molar-refractivity contribution < 1.29 is 9.53 Å². The van der Waals surface area contributed by atoms with Crippen LogP contribution in [-0.4, -0.2) is 29.6 Å². The topological polar surface area (TPSA) is 80.1 Å². The van der Waals surface area contributed by atoms with E-state index in [0.29, 0.717) is 6.54 Å². The number of carbonyl (C=O) groups is 1. The van der Waals surface area contributed by atoms with Crippen molar-refractivity contribution in [2.45, 2.75) is 25.0 Å². The van der Waals surface area contributed by atoms with E-state index < -0.39 is 0 Å². The molecule has 0 radical (unpaired) electrons. The number of aromatic nitrogens is 1. The van der Waals surface area contributed by atoms with E-state index in [1.807, 2.05) is 30.5 Å². The molecule has 2 aromatic rings. The number of benzene rings is 1. The van der Waals surface area contributed by atoms with Gasteiger partial charge in [0.2, 0.25) is 0 Å². The Morgan fingerprint density at radius 1 is 1.40 bits per heavy atom. The van der Waals surface area contributed by atoms with Gasteiger partial charge in [-0.3, -0.25) is 4.79 Å². The van der Waals surface area contributed by atoms with Crippen LogP contribution in [0.15, 0.2) is 30.5 Å². The molecule has 20 heavy (non-hydrogen) atoms. The van der Waals surface area contributed by atoms with Gasteiger partial charge in [-0.15, -0.1) is 12.4 Å². The Hall–Kier alpha value is -1.56. The minimum Gasteiger partial charge on any atom is -0.364 e. The molecular weight excluding hydrogens is 278 g/mol. The Balaban J connectivity index is 0.00000147. The van der Waals surface area contributed by atoms with E-state index in [2.05, 4.69) is 10.3 Å². The zero-order valence-corrected chi connectivity index (χ0v) is 11.8. The molecule has 1 saturated heterocycles. The van der Waals surface area contributed by atoms with E-state index >= 15 is 0 Å². The van der Waals surface area contributed by atoms with Gasteiger partial charge in [0.25, 0.3) is 5.91 Å². The molecule has 0 bridgehead atoms. The number of carbonyl (C=O) groups excluding carboxylic acids is 1. The molecule has 0 unspecified atom stereocenters.